The number of benzene rings is 2. The molecule has 1 aliphatic heterocycles. The first-order chi connectivity index (χ1) is 11.2. The van der Waals surface area contributed by atoms with E-state index in [1.807, 2.05) is 41.7 Å². The Hall–Kier alpha value is -2.53. The standard InChI is InChI=1S/C18H20N2O3/c1-13(15-5-3-2-4-6-15)19-11-18(21)20-10-14-7-8-16-17(9-14)23-12-22-16/h2-9,13,19H,10-12H2,1H3,(H,20,21)/p+1/t13-/m1/s1. The number of fused-ring (bicyclic) bond motifs is 1. The second-order valence-electron chi connectivity index (χ2n) is 5.60. The molecule has 0 unspecified atom stereocenters. The topological polar surface area (TPSA) is 64.2 Å². The number of ether oxygens (including phenoxy) is 2. The molecule has 2 aromatic rings. The van der Waals surface area contributed by atoms with Crippen molar-refractivity contribution in [3.05, 3.63) is 59.7 Å². The fourth-order valence-electron chi connectivity index (χ4n) is 2.50. The van der Waals surface area contributed by atoms with Crippen molar-refractivity contribution in [1.29, 1.82) is 0 Å². The molecule has 1 amide bonds. The molecule has 0 saturated heterocycles. The van der Waals surface area contributed by atoms with Crippen LogP contribution < -0.4 is 20.1 Å². The van der Waals surface area contributed by atoms with Crippen LogP contribution in [0.2, 0.25) is 0 Å². The van der Waals surface area contributed by atoms with E-state index in [4.69, 9.17) is 9.47 Å². The molecule has 23 heavy (non-hydrogen) atoms. The van der Waals surface area contributed by atoms with Gasteiger partial charge in [0.25, 0.3) is 5.91 Å². The molecule has 0 fully saturated rings. The van der Waals surface area contributed by atoms with Crippen LogP contribution in [0.5, 0.6) is 11.5 Å². The van der Waals surface area contributed by atoms with Crippen LogP contribution in [0.4, 0.5) is 0 Å². The zero-order chi connectivity index (χ0) is 16.1. The summed E-state index contributed by atoms with van der Waals surface area (Å²) in [6.45, 7) is 3.25. The van der Waals surface area contributed by atoms with Crippen molar-refractivity contribution in [2.45, 2.75) is 19.5 Å². The van der Waals surface area contributed by atoms with E-state index in [9.17, 15) is 4.79 Å². The quantitative estimate of drug-likeness (QED) is 0.846. The zero-order valence-electron chi connectivity index (χ0n) is 13.1. The van der Waals surface area contributed by atoms with Gasteiger partial charge in [0, 0.05) is 12.1 Å². The van der Waals surface area contributed by atoms with Crippen molar-refractivity contribution in [2.75, 3.05) is 13.3 Å². The monoisotopic (exact) mass is 313 g/mol. The Morgan fingerprint density at radius 1 is 1.17 bits per heavy atom. The average Bonchev–Trinajstić information content (AvgIpc) is 3.06. The predicted octanol–water partition coefficient (Wildman–Crippen LogP) is 1.36. The highest BCUT2D eigenvalue weighted by Gasteiger charge is 2.14. The molecular formula is C18H21N2O3+. The van der Waals surface area contributed by atoms with E-state index < -0.39 is 0 Å². The first kappa shape index (κ1) is 15.4. The van der Waals surface area contributed by atoms with Crippen LogP contribution in [0.15, 0.2) is 48.5 Å². The number of nitrogens with two attached hydrogens (primary N) is 1. The number of nitrogens with one attached hydrogen (secondary N) is 1. The van der Waals surface area contributed by atoms with Crippen LogP contribution in [-0.4, -0.2) is 19.2 Å². The molecule has 1 heterocycles. The number of rotatable bonds is 6. The van der Waals surface area contributed by atoms with Crippen molar-refractivity contribution in [1.82, 2.24) is 5.32 Å². The molecule has 0 aromatic heterocycles. The molecule has 0 saturated carbocycles. The van der Waals surface area contributed by atoms with Gasteiger partial charge in [-0.2, -0.15) is 0 Å². The van der Waals surface area contributed by atoms with Gasteiger partial charge in [0.15, 0.2) is 18.0 Å². The van der Waals surface area contributed by atoms with Crippen molar-refractivity contribution < 1.29 is 19.6 Å². The molecule has 1 aliphatic rings. The molecule has 0 spiro atoms. The minimum Gasteiger partial charge on any atom is -0.454 e. The van der Waals surface area contributed by atoms with Gasteiger partial charge in [-0.3, -0.25) is 4.79 Å². The summed E-state index contributed by atoms with van der Waals surface area (Å²) in [7, 11) is 0. The van der Waals surface area contributed by atoms with Gasteiger partial charge in [-0.1, -0.05) is 36.4 Å². The number of hydrogen-bond donors (Lipinski definition) is 2. The molecule has 5 heteroatoms. The number of amides is 1. The van der Waals surface area contributed by atoms with Gasteiger partial charge in [0.05, 0.1) is 0 Å². The van der Waals surface area contributed by atoms with Crippen molar-refractivity contribution in [2.24, 2.45) is 0 Å². The van der Waals surface area contributed by atoms with Crippen LogP contribution in [0, 0.1) is 0 Å². The lowest BCUT2D eigenvalue weighted by molar-refractivity contribution is -0.682. The number of quaternary nitrogens is 1. The highest BCUT2D eigenvalue weighted by Crippen LogP contribution is 2.32. The van der Waals surface area contributed by atoms with Gasteiger partial charge in [-0.15, -0.1) is 0 Å². The summed E-state index contributed by atoms with van der Waals surface area (Å²) in [5.74, 6) is 1.51. The van der Waals surface area contributed by atoms with Gasteiger partial charge in [-0.25, -0.2) is 0 Å². The zero-order valence-corrected chi connectivity index (χ0v) is 13.1. The van der Waals surface area contributed by atoms with Crippen LogP contribution in [-0.2, 0) is 11.3 Å². The molecule has 0 radical (unpaired) electrons. The summed E-state index contributed by atoms with van der Waals surface area (Å²) in [5.41, 5.74) is 2.22. The first-order valence-electron chi connectivity index (χ1n) is 7.76. The highest BCUT2D eigenvalue weighted by molar-refractivity contribution is 5.76. The lowest BCUT2D eigenvalue weighted by Crippen LogP contribution is -2.87. The third kappa shape index (κ3) is 4.02. The Morgan fingerprint density at radius 3 is 2.78 bits per heavy atom. The molecule has 3 rings (SSSR count). The summed E-state index contributed by atoms with van der Waals surface area (Å²) in [6.07, 6.45) is 0. The lowest BCUT2D eigenvalue weighted by Gasteiger charge is -2.11. The molecule has 5 nitrogen and oxygen atoms in total. The van der Waals surface area contributed by atoms with Gasteiger partial charge >= 0.3 is 0 Å². The number of carbonyl (C=O) groups excluding carboxylic acids is 1. The maximum atomic E-state index is 12.0. The molecule has 120 valence electrons. The summed E-state index contributed by atoms with van der Waals surface area (Å²) in [4.78, 5) is 12.0. The Bertz CT molecular complexity index is 673. The van der Waals surface area contributed by atoms with Crippen LogP contribution >= 0.6 is 0 Å². The summed E-state index contributed by atoms with van der Waals surface area (Å²) in [5, 5.41) is 4.96. The second kappa shape index (κ2) is 7.15. The van der Waals surface area contributed by atoms with E-state index in [0.717, 1.165) is 17.1 Å². The van der Waals surface area contributed by atoms with E-state index >= 15 is 0 Å². The van der Waals surface area contributed by atoms with E-state index in [-0.39, 0.29) is 18.7 Å². The molecular weight excluding hydrogens is 292 g/mol. The molecule has 2 aromatic carbocycles. The third-order valence-electron chi connectivity index (χ3n) is 3.91. The predicted molar refractivity (Wildman–Crippen MR) is 86.1 cm³/mol. The number of hydrogen-bond acceptors (Lipinski definition) is 3. The van der Waals surface area contributed by atoms with Crippen molar-refractivity contribution in [3.63, 3.8) is 0 Å². The van der Waals surface area contributed by atoms with E-state index in [2.05, 4.69) is 24.4 Å². The first-order valence-corrected chi connectivity index (χ1v) is 7.76. The fraction of sp³-hybridized carbons (Fsp3) is 0.278. The van der Waals surface area contributed by atoms with Crippen LogP contribution in [0.1, 0.15) is 24.1 Å². The third-order valence-corrected chi connectivity index (χ3v) is 3.91. The summed E-state index contributed by atoms with van der Waals surface area (Å²) in [6, 6.07) is 16.1. The largest absolute Gasteiger partial charge is 0.454 e. The number of carbonyl (C=O) groups is 1. The van der Waals surface area contributed by atoms with Crippen molar-refractivity contribution in [3.8, 4) is 11.5 Å². The Balaban J connectivity index is 1.45. The SMILES string of the molecule is C[C@@H]([NH2+]CC(=O)NCc1ccc2c(c1)OCO2)c1ccccc1. The van der Waals surface area contributed by atoms with E-state index in [0.29, 0.717) is 13.1 Å². The van der Waals surface area contributed by atoms with E-state index in [1.54, 1.807) is 0 Å². The van der Waals surface area contributed by atoms with Gasteiger partial charge in [-0.05, 0) is 24.6 Å². The molecule has 0 bridgehead atoms. The van der Waals surface area contributed by atoms with Crippen molar-refractivity contribution >= 4 is 5.91 Å². The normalized spacial score (nSPS) is 13.6. The average molecular weight is 313 g/mol. The van der Waals surface area contributed by atoms with Gasteiger partial charge in [0.2, 0.25) is 6.79 Å². The maximum Gasteiger partial charge on any atom is 0.275 e. The molecule has 3 N–H and O–H groups in total. The summed E-state index contributed by atoms with van der Waals surface area (Å²) < 4.78 is 10.6. The summed E-state index contributed by atoms with van der Waals surface area (Å²) >= 11 is 0. The Labute approximate surface area is 135 Å². The maximum absolute atomic E-state index is 12.0. The fourth-order valence-corrected chi connectivity index (χ4v) is 2.50. The lowest BCUT2D eigenvalue weighted by atomic mass is 10.1. The van der Waals surface area contributed by atoms with Gasteiger partial charge in [0.1, 0.15) is 6.04 Å². The highest BCUT2D eigenvalue weighted by atomic mass is 16.7. The molecule has 0 aliphatic carbocycles. The second-order valence-corrected chi connectivity index (χ2v) is 5.60. The minimum absolute atomic E-state index is 0.0189. The smallest absolute Gasteiger partial charge is 0.275 e. The minimum atomic E-state index is 0.0189. The van der Waals surface area contributed by atoms with Crippen LogP contribution in [0.25, 0.3) is 0 Å². The Kier molecular flexibility index (Phi) is 4.78. The molecule has 1 atom stereocenters. The van der Waals surface area contributed by atoms with Gasteiger partial charge < -0.3 is 20.1 Å². The van der Waals surface area contributed by atoms with Crippen LogP contribution in [0.3, 0.4) is 0 Å². The Morgan fingerprint density at radius 2 is 1.96 bits per heavy atom. The van der Waals surface area contributed by atoms with E-state index in [1.165, 1.54) is 5.56 Å².